The van der Waals surface area contributed by atoms with Gasteiger partial charge in [-0.25, -0.2) is 0 Å². The number of rotatable bonds is 6. The van der Waals surface area contributed by atoms with Gasteiger partial charge in [-0.05, 0) is 19.1 Å². The van der Waals surface area contributed by atoms with Crippen LogP contribution >= 0.6 is 0 Å². The monoisotopic (exact) mass is 234 g/mol. The number of ether oxygens (including phenoxy) is 1. The quantitative estimate of drug-likeness (QED) is 0.730. The van der Waals surface area contributed by atoms with E-state index in [9.17, 15) is 4.79 Å². The molecule has 0 aliphatic rings. The molecule has 0 atom stereocenters. The van der Waals surface area contributed by atoms with Crippen LogP contribution < -0.4 is 15.8 Å². The minimum Gasteiger partial charge on any atom is -0.493 e. The highest BCUT2D eigenvalue weighted by molar-refractivity contribution is 5.96. The normalized spacial score (nSPS) is 10.5. The highest BCUT2D eigenvalue weighted by atomic mass is 16.5. The summed E-state index contributed by atoms with van der Waals surface area (Å²) >= 11 is 0. The fourth-order valence-corrected chi connectivity index (χ4v) is 1.36. The predicted octanol–water partition coefficient (Wildman–Crippen LogP) is 1.33. The van der Waals surface area contributed by atoms with Crippen molar-refractivity contribution in [2.75, 3.05) is 19.7 Å². The van der Waals surface area contributed by atoms with Crippen LogP contribution in [0.15, 0.2) is 36.4 Å². The molecule has 1 aromatic carbocycles. The minimum atomic E-state index is -0.143. The lowest BCUT2D eigenvalue weighted by molar-refractivity contribution is 0.0954. The Morgan fingerprint density at radius 2 is 2.18 bits per heavy atom. The third-order valence-corrected chi connectivity index (χ3v) is 2.11. The topological polar surface area (TPSA) is 64.3 Å². The SMILES string of the molecule is CCOc1ccccc1C(=O)NC/C=C/CN. The molecule has 3 N–H and O–H groups in total. The van der Waals surface area contributed by atoms with Gasteiger partial charge in [-0.3, -0.25) is 4.79 Å². The summed E-state index contributed by atoms with van der Waals surface area (Å²) in [6.45, 7) is 3.37. The molecule has 1 aromatic rings. The van der Waals surface area contributed by atoms with Crippen molar-refractivity contribution in [2.45, 2.75) is 6.92 Å². The van der Waals surface area contributed by atoms with Gasteiger partial charge < -0.3 is 15.8 Å². The molecule has 4 heteroatoms. The molecule has 0 unspecified atom stereocenters. The molecule has 0 aliphatic heterocycles. The van der Waals surface area contributed by atoms with Crippen molar-refractivity contribution in [1.29, 1.82) is 0 Å². The number of nitrogens with one attached hydrogen (secondary N) is 1. The molecule has 0 heterocycles. The van der Waals surface area contributed by atoms with Crippen molar-refractivity contribution in [3.8, 4) is 5.75 Å². The Bertz CT molecular complexity index is 389. The average molecular weight is 234 g/mol. The van der Waals surface area contributed by atoms with Crippen LogP contribution in [0.25, 0.3) is 0 Å². The van der Waals surface area contributed by atoms with Crippen LogP contribution in [0.4, 0.5) is 0 Å². The second kappa shape index (κ2) is 7.46. The van der Waals surface area contributed by atoms with Crippen LogP contribution in [-0.2, 0) is 0 Å². The van der Waals surface area contributed by atoms with E-state index in [0.29, 0.717) is 31.0 Å². The lowest BCUT2D eigenvalue weighted by Crippen LogP contribution is -2.24. The molecule has 0 radical (unpaired) electrons. The molecule has 0 spiro atoms. The van der Waals surface area contributed by atoms with Gasteiger partial charge in [-0.2, -0.15) is 0 Å². The maximum absolute atomic E-state index is 11.8. The van der Waals surface area contributed by atoms with Crippen LogP contribution in [0.5, 0.6) is 5.75 Å². The first-order chi connectivity index (χ1) is 8.29. The molecular weight excluding hydrogens is 216 g/mol. The first-order valence-electron chi connectivity index (χ1n) is 5.64. The smallest absolute Gasteiger partial charge is 0.255 e. The molecule has 0 aliphatic carbocycles. The van der Waals surface area contributed by atoms with E-state index in [2.05, 4.69) is 5.32 Å². The standard InChI is InChI=1S/C13H18N2O2/c1-2-17-12-8-4-3-7-11(12)13(16)15-10-6-5-9-14/h3-8H,2,9-10,14H2,1H3,(H,15,16)/b6-5+. The van der Waals surface area contributed by atoms with Gasteiger partial charge in [0.05, 0.1) is 12.2 Å². The maximum Gasteiger partial charge on any atom is 0.255 e. The Morgan fingerprint density at radius 3 is 2.88 bits per heavy atom. The summed E-state index contributed by atoms with van der Waals surface area (Å²) < 4.78 is 5.39. The molecule has 0 bridgehead atoms. The van der Waals surface area contributed by atoms with E-state index in [1.54, 1.807) is 18.2 Å². The minimum absolute atomic E-state index is 0.143. The number of para-hydroxylation sites is 1. The Balaban J connectivity index is 2.64. The number of carbonyl (C=O) groups is 1. The van der Waals surface area contributed by atoms with Gasteiger partial charge >= 0.3 is 0 Å². The number of hydrogen-bond acceptors (Lipinski definition) is 3. The van der Waals surface area contributed by atoms with E-state index in [0.717, 1.165) is 0 Å². The first kappa shape index (κ1) is 13.3. The van der Waals surface area contributed by atoms with Crippen LogP contribution in [0.2, 0.25) is 0 Å². The van der Waals surface area contributed by atoms with E-state index >= 15 is 0 Å². The number of benzene rings is 1. The van der Waals surface area contributed by atoms with Crippen LogP contribution in [-0.4, -0.2) is 25.6 Å². The van der Waals surface area contributed by atoms with E-state index in [4.69, 9.17) is 10.5 Å². The number of carbonyl (C=O) groups excluding carboxylic acids is 1. The molecule has 92 valence electrons. The second-order valence-electron chi connectivity index (χ2n) is 3.35. The highest BCUT2D eigenvalue weighted by Gasteiger charge is 2.10. The van der Waals surface area contributed by atoms with Crippen molar-refractivity contribution < 1.29 is 9.53 Å². The molecule has 4 nitrogen and oxygen atoms in total. The van der Waals surface area contributed by atoms with Crippen LogP contribution in [0.1, 0.15) is 17.3 Å². The van der Waals surface area contributed by atoms with Crippen molar-refractivity contribution in [3.63, 3.8) is 0 Å². The molecule has 1 amide bonds. The van der Waals surface area contributed by atoms with Crippen molar-refractivity contribution in [2.24, 2.45) is 5.73 Å². The van der Waals surface area contributed by atoms with E-state index in [-0.39, 0.29) is 5.91 Å². The van der Waals surface area contributed by atoms with Crippen molar-refractivity contribution in [3.05, 3.63) is 42.0 Å². The molecular formula is C13H18N2O2. The van der Waals surface area contributed by atoms with Gasteiger partial charge in [0.25, 0.3) is 5.91 Å². The summed E-state index contributed by atoms with van der Waals surface area (Å²) in [5.41, 5.74) is 5.85. The predicted molar refractivity (Wildman–Crippen MR) is 68.1 cm³/mol. The lowest BCUT2D eigenvalue weighted by atomic mass is 10.2. The summed E-state index contributed by atoms with van der Waals surface area (Å²) in [4.78, 5) is 11.8. The molecule has 0 aromatic heterocycles. The lowest BCUT2D eigenvalue weighted by Gasteiger charge is -2.09. The van der Waals surface area contributed by atoms with E-state index < -0.39 is 0 Å². The zero-order chi connectivity index (χ0) is 12.5. The number of hydrogen-bond donors (Lipinski definition) is 2. The fraction of sp³-hybridized carbons (Fsp3) is 0.308. The summed E-state index contributed by atoms with van der Waals surface area (Å²) in [6.07, 6.45) is 3.62. The Morgan fingerprint density at radius 1 is 1.41 bits per heavy atom. The Labute approximate surface area is 101 Å². The number of amides is 1. The summed E-state index contributed by atoms with van der Waals surface area (Å²) in [5, 5.41) is 2.77. The summed E-state index contributed by atoms with van der Waals surface area (Å²) in [5.74, 6) is 0.464. The molecule has 0 fully saturated rings. The fourth-order valence-electron chi connectivity index (χ4n) is 1.36. The van der Waals surface area contributed by atoms with Crippen molar-refractivity contribution in [1.82, 2.24) is 5.32 Å². The first-order valence-corrected chi connectivity index (χ1v) is 5.64. The van der Waals surface area contributed by atoms with Gasteiger partial charge in [0.2, 0.25) is 0 Å². The van der Waals surface area contributed by atoms with Gasteiger partial charge in [-0.15, -0.1) is 0 Å². The second-order valence-corrected chi connectivity index (χ2v) is 3.35. The third-order valence-electron chi connectivity index (χ3n) is 2.11. The maximum atomic E-state index is 11.8. The number of nitrogens with two attached hydrogens (primary N) is 1. The summed E-state index contributed by atoms with van der Waals surface area (Å²) in [7, 11) is 0. The van der Waals surface area contributed by atoms with Gasteiger partial charge in [-0.1, -0.05) is 24.3 Å². The molecule has 0 saturated carbocycles. The molecule has 17 heavy (non-hydrogen) atoms. The van der Waals surface area contributed by atoms with E-state index in [1.165, 1.54) is 0 Å². The van der Waals surface area contributed by atoms with Crippen LogP contribution in [0.3, 0.4) is 0 Å². The molecule has 1 rings (SSSR count). The largest absolute Gasteiger partial charge is 0.493 e. The Kier molecular flexibility index (Phi) is 5.82. The van der Waals surface area contributed by atoms with Gasteiger partial charge in [0.15, 0.2) is 0 Å². The third kappa shape index (κ3) is 4.28. The molecule has 0 saturated heterocycles. The van der Waals surface area contributed by atoms with E-state index in [1.807, 2.05) is 25.1 Å². The Hall–Kier alpha value is -1.81. The van der Waals surface area contributed by atoms with Gasteiger partial charge in [0, 0.05) is 13.1 Å². The zero-order valence-electron chi connectivity index (χ0n) is 9.98. The zero-order valence-corrected chi connectivity index (χ0v) is 9.98. The summed E-state index contributed by atoms with van der Waals surface area (Å²) in [6, 6.07) is 7.18. The van der Waals surface area contributed by atoms with Crippen LogP contribution in [0, 0.1) is 0 Å². The van der Waals surface area contributed by atoms with Crippen molar-refractivity contribution >= 4 is 5.91 Å². The average Bonchev–Trinajstić information content (AvgIpc) is 2.35. The van der Waals surface area contributed by atoms with Gasteiger partial charge in [0.1, 0.15) is 5.75 Å². The highest BCUT2D eigenvalue weighted by Crippen LogP contribution is 2.17.